The Morgan fingerprint density at radius 2 is 0.953 bits per heavy atom. The molecule has 0 radical (unpaired) electrons. The van der Waals surface area contributed by atoms with Crippen molar-refractivity contribution >= 4 is 18.2 Å². The van der Waals surface area contributed by atoms with E-state index in [1.165, 1.54) is 7.11 Å². The second-order valence-corrected chi connectivity index (χ2v) is 10.1. The lowest BCUT2D eigenvalue weighted by Gasteiger charge is -2.14. The van der Waals surface area contributed by atoms with Crippen LogP contribution in [0, 0.1) is 0 Å². The summed E-state index contributed by atoms with van der Waals surface area (Å²) in [5.41, 5.74) is -1.78. The second kappa shape index (κ2) is 22.8. The highest BCUT2D eigenvalue weighted by Crippen LogP contribution is 2.03. The Hall–Kier alpha value is -3.78. The molecule has 1 rings (SSSR count). The Labute approximate surface area is 252 Å². The molecule has 0 spiro atoms. The summed E-state index contributed by atoms with van der Waals surface area (Å²) in [7, 11) is 2.86. The van der Waals surface area contributed by atoms with Gasteiger partial charge in [-0.15, -0.1) is 0 Å². The van der Waals surface area contributed by atoms with Gasteiger partial charge in [0.1, 0.15) is 0 Å². The standard InChI is InChI=1S/C28H51N7O8/c1-4-43-25(38)32-19-13-7-10-16-22-35-27(40)33(20-14-8-5-11-17-30-23(36)29-2)26(39)34(28(35)41)21-15-9-6-12-18-31-24(37)42-3/h4-22H2,1-3H3,(H,31,37)(H,32,38)(H2,29,30,36). The number of ether oxygens (including phenoxy) is 2. The van der Waals surface area contributed by atoms with Crippen molar-refractivity contribution in [3.05, 3.63) is 31.5 Å². The number of alkyl carbamates (subject to hydrolysis) is 2. The van der Waals surface area contributed by atoms with E-state index in [1.54, 1.807) is 14.0 Å². The predicted molar refractivity (Wildman–Crippen MR) is 163 cm³/mol. The van der Waals surface area contributed by atoms with E-state index < -0.39 is 29.3 Å². The van der Waals surface area contributed by atoms with Crippen LogP contribution in [0.3, 0.4) is 0 Å². The van der Waals surface area contributed by atoms with Crippen molar-refractivity contribution in [2.45, 2.75) is 104 Å². The van der Waals surface area contributed by atoms with Crippen molar-refractivity contribution in [1.29, 1.82) is 0 Å². The van der Waals surface area contributed by atoms with Gasteiger partial charge < -0.3 is 30.7 Å². The number of methoxy groups -OCH3 is 1. The molecule has 0 unspecified atom stereocenters. The fourth-order valence-corrected chi connectivity index (χ4v) is 4.43. The van der Waals surface area contributed by atoms with Crippen LogP contribution < -0.4 is 38.3 Å². The van der Waals surface area contributed by atoms with Gasteiger partial charge in [-0.1, -0.05) is 38.5 Å². The SMILES string of the molecule is CCOC(=O)NCCCCCCn1c(=O)n(CCCCCCNC(=O)NC)c(=O)n(CCCCCCNC(=O)OC)c1=O. The van der Waals surface area contributed by atoms with Gasteiger partial charge in [-0.25, -0.2) is 42.5 Å². The molecule has 0 aliphatic heterocycles. The lowest BCUT2D eigenvalue weighted by atomic mass is 10.2. The molecule has 0 fully saturated rings. The summed E-state index contributed by atoms with van der Waals surface area (Å²) in [5, 5.41) is 10.5. The minimum Gasteiger partial charge on any atom is -0.453 e. The Balaban J connectivity index is 2.77. The van der Waals surface area contributed by atoms with Gasteiger partial charge in [0.2, 0.25) is 0 Å². The molecule has 1 heterocycles. The van der Waals surface area contributed by atoms with Gasteiger partial charge >= 0.3 is 35.3 Å². The third kappa shape index (κ3) is 15.3. The molecule has 1 aromatic rings. The Kier molecular flexibility index (Phi) is 19.7. The van der Waals surface area contributed by atoms with Crippen LogP contribution in [-0.2, 0) is 29.1 Å². The van der Waals surface area contributed by atoms with Crippen LogP contribution in [-0.4, -0.2) is 72.3 Å². The number of aromatic nitrogens is 3. The number of hydrogen-bond donors (Lipinski definition) is 4. The molecule has 0 aliphatic carbocycles. The molecule has 4 N–H and O–H groups in total. The zero-order valence-electron chi connectivity index (χ0n) is 26.0. The fraction of sp³-hybridized carbons (Fsp3) is 0.786. The molecule has 0 aromatic carbocycles. The summed E-state index contributed by atoms with van der Waals surface area (Å²) < 4.78 is 12.8. The smallest absolute Gasteiger partial charge is 0.407 e. The number of rotatable bonds is 22. The summed E-state index contributed by atoms with van der Waals surface area (Å²) in [6, 6.07) is -0.236. The summed E-state index contributed by atoms with van der Waals surface area (Å²) >= 11 is 0. The Morgan fingerprint density at radius 3 is 1.33 bits per heavy atom. The first-order valence-corrected chi connectivity index (χ1v) is 15.4. The molecule has 0 aliphatic rings. The topological polar surface area (TPSA) is 184 Å². The predicted octanol–water partition coefficient (Wildman–Crippen LogP) is 1.88. The van der Waals surface area contributed by atoms with E-state index in [9.17, 15) is 28.8 Å². The van der Waals surface area contributed by atoms with Crippen LogP contribution in [0.2, 0.25) is 0 Å². The van der Waals surface area contributed by atoms with Gasteiger partial charge in [0.05, 0.1) is 13.7 Å². The van der Waals surface area contributed by atoms with Crippen molar-refractivity contribution in [3.8, 4) is 0 Å². The molecule has 15 heteroatoms. The molecule has 0 bridgehead atoms. The van der Waals surface area contributed by atoms with E-state index in [4.69, 9.17) is 4.74 Å². The van der Waals surface area contributed by atoms with Gasteiger partial charge in [0.15, 0.2) is 0 Å². The van der Waals surface area contributed by atoms with E-state index in [0.29, 0.717) is 45.5 Å². The van der Waals surface area contributed by atoms with Crippen molar-refractivity contribution in [2.24, 2.45) is 0 Å². The van der Waals surface area contributed by atoms with Crippen molar-refractivity contribution in [1.82, 2.24) is 35.0 Å². The molecule has 4 amide bonds. The maximum absolute atomic E-state index is 13.2. The van der Waals surface area contributed by atoms with E-state index in [1.807, 2.05) is 0 Å². The number of carbonyl (C=O) groups excluding carboxylic acids is 3. The molecule has 0 saturated heterocycles. The second-order valence-electron chi connectivity index (χ2n) is 10.1. The quantitative estimate of drug-likeness (QED) is 0.143. The molecule has 43 heavy (non-hydrogen) atoms. The van der Waals surface area contributed by atoms with Gasteiger partial charge in [-0.2, -0.15) is 0 Å². The van der Waals surface area contributed by atoms with Gasteiger partial charge in [-0.05, 0) is 45.4 Å². The van der Waals surface area contributed by atoms with E-state index in [0.717, 1.165) is 71.5 Å². The normalized spacial score (nSPS) is 10.7. The molecular formula is C28H51N7O8. The Bertz CT molecular complexity index is 1080. The number of nitrogens with one attached hydrogen (secondary N) is 4. The molecule has 246 valence electrons. The zero-order valence-corrected chi connectivity index (χ0v) is 26.0. The largest absolute Gasteiger partial charge is 0.453 e. The first-order chi connectivity index (χ1) is 20.8. The van der Waals surface area contributed by atoms with Crippen LogP contribution in [0.1, 0.15) is 84.0 Å². The monoisotopic (exact) mass is 613 g/mol. The van der Waals surface area contributed by atoms with Gasteiger partial charge in [-0.3, -0.25) is 0 Å². The fourth-order valence-electron chi connectivity index (χ4n) is 4.43. The first-order valence-electron chi connectivity index (χ1n) is 15.4. The van der Waals surface area contributed by atoms with E-state index in [2.05, 4.69) is 26.0 Å². The van der Waals surface area contributed by atoms with Crippen LogP contribution in [0.4, 0.5) is 14.4 Å². The summed E-state index contributed by atoms with van der Waals surface area (Å²) in [4.78, 5) is 73.4. The minimum atomic E-state index is -0.595. The number of hydrogen-bond acceptors (Lipinski definition) is 8. The lowest BCUT2D eigenvalue weighted by Crippen LogP contribution is -2.54. The van der Waals surface area contributed by atoms with Crippen LogP contribution in [0.15, 0.2) is 14.4 Å². The minimum absolute atomic E-state index is 0.201. The zero-order chi connectivity index (χ0) is 31.9. The molecule has 0 atom stereocenters. The van der Waals surface area contributed by atoms with Gasteiger partial charge in [0, 0.05) is 46.3 Å². The molecule has 15 nitrogen and oxygen atoms in total. The third-order valence-electron chi connectivity index (χ3n) is 6.82. The lowest BCUT2D eigenvalue weighted by molar-refractivity contribution is 0.152. The summed E-state index contributed by atoms with van der Waals surface area (Å²) in [6.45, 7) is 4.16. The Morgan fingerprint density at radius 1 is 0.581 bits per heavy atom. The number of unbranched alkanes of at least 4 members (excludes halogenated alkanes) is 9. The van der Waals surface area contributed by atoms with Gasteiger partial charge in [0.25, 0.3) is 0 Å². The highest BCUT2D eigenvalue weighted by atomic mass is 16.5. The number of amides is 4. The van der Waals surface area contributed by atoms with Crippen molar-refractivity contribution in [3.63, 3.8) is 0 Å². The average molecular weight is 614 g/mol. The van der Waals surface area contributed by atoms with Crippen LogP contribution in [0.25, 0.3) is 0 Å². The highest BCUT2D eigenvalue weighted by molar-refractivity contribution is 5.73. The molecule has 1 aromatic heterocycles. The van der Waals surface area contributed by atoms with Crippen LogP contribution in [0.5, 0.6) is 0 Å². The van der Waals surface area contributed by atoms with Crippen molar-refractivity contribution in [2.75, 3.05) is 40.4 Å². The average Bonchev–Trinajstić information content (AvgIpc) is 2.99. The van der Waals surface area contributed by atoms with Crippen molar-refractivity contribution < 1.29 is 23.9 Å². The summed E-state index contributed by atoms with van der Waals surface area (Å²) in [6.07, 6.45) is 7.76. The number of urea groups is 1. The number of nitrogens with zero attached hydrogens (tertiary/aromatic N) is 3. The van der Waals surface area contributed by atoms with E-state index >= 15 is 0 Å². The third-order valence-corrected chi connectivity index (χ3v) is 6.82. The summed E-state index contributed by atoms with van der Waals surface area (Å²) in [5.74, 6) is 0. The maximum Gasteiger partial charge on any atom is 0.407 e. The molecule has 0 saturated carbocycles. The maximum atomic E-state index is 13.2. The molecular weight excluding hydrogens is 562 g/mol. The first kappa shape index (κ1) is 37.2. The van der Waals surface area contributed by atoms with E-state index in [-0.39, 0.29) is 25.7 Å². The highest BCUT2D eigenvalue weighted by Gasteiger charge is 2.15. The number of carbonyl (C=O) groups is 3. The van der Waals surface area contributed by atoms with Crippen LogP contribution >= 0.6 is 0 Å².